The van der Waals surface area contributed by atoms with Gasteiger partial charge in [-0.3, -0.25) is 48.3 Å². The number of hydrogen-bond donors (Lipinski definition) is 21. The number of rotatable bonds is 35. The maximum atomic E-state index is 11.5. The lowest BCUT2D eigenvalue weighted by Gasteiger charge is -2.24. The van der Waals surface area contributed by atoms with E-state index in [1.165, 1.54) is 44.3 Å². The topological polar surface area (TPSA) is 582 Å². The number of hydrogen-bond acceptors (Lipinski definition) is 24. The number of aromatic nitrogens is 21. The van der Waals surface area contributed by atoms with Crippen LogP contribution in [0.4, 0.5) is 0 Å². The van der Waals surface area contributed by atoms with Gasteiger partial charge < -0.3 is 106 Å². The molecule has 0 aliphatic rings. The van der Waals surface area contributed by atoms with Gasteiger partial charge in [-0.15, -0.1) is 0 Å². The zero-order valence-electron chi connectivity index (χ0n) is 71.3. The van der Waals surface area contributed by atoms with Gasteiger partial charge in [-0.1, -0.05) is 74.1 Å². The summed E-state index contributed by atoms with van der Waals surface area (Å²) in [6, 6.07) is 0.367. The molecule has 0 aliphatic carbocycles. The average Bonchev–Trinajstić information content (AvgIpc) is 1.66. The van der Waals surface area contributed by atoms with Gasteiger partial charge >= 0.3 is 0 Å². The van der Waals surface area contributed by atoms with Crippen molar-refractivity contribution in [1.82, 2.24) is 119 Å². The quantitative estimate of drug-likeness (QED) is 0.0211. The molecule has 662 valence electrons. The molecule has 14 heterocycles. The molecule has 0 saturated carbocycles. The SMILES string of the molecule is CCC(CO)CCc1c[nH]c2c(=O)[nH]cnc12.CCC(CO)CCc1c[nH]c2c(=O)[nH]cnc12.CCC(CO)N(C)Cc1c[nH]c2c(=O)[nH]cnc12.CC[C@@H](CO)CCc1c[nH]c2c(=O)[nH]cnc12.CC[C@@H](CO)N(C)Cc1c[nH]c2c(=O)[nH]cnc12.CC[C@H](CO)CCc1c[nH]c2c(=O)[nH]cnc12.CC[C@H](CO)N(C)Cc1c[nH]c2c(=O)[nH]cnc12. The first-order valence-corrected chi connectivity index (χ1v) is 41.7. The van der Waals surface area contributed by atoms with Crippen molar-refractivity contribution in [2.45, 2.75) is 183 Å². The Kier molecular flexibility index (Phi) is 38.4. The smallest absolute Gasteiger partial charge is 0.275 e. The fourth-order valence-electron chi connectivity index (χ4n) is 14.2. The van der Waals surface area contributed by atoms with Crippen LogP contribution < -0.4 is 38.9 Å². The average molecular weight is 1690 g/mol. The highest BCUT2D eigenvalue weighted by Crippen LogP contribution is 2.24. The zero-order valence-corrected chi connectivity index (χ0v) is 71.3. The van der Waals surface area contributed by atoms with E-state index in [1.807, 2.05) is 66.7 Å². The number of likely N-dealkylation sites (N-methyl/N-ethyl adjacent to an activating group) is 3. The van der Waals surface area contributed by atoms with E-state index in [4.69, 9.17) is 20.4 Å². The van der Waals surface area contributed by atoms with Crippen molar-refractivity contribution in [1.29, 1.82) is 0 Å². The summed E-state index contributed by atoms with van der Waals surface area (Å²) in [5.41, 5.74) is 14.6. The number of aryl methyl sites for hydroxylation is 4. The van der Waals surface area contributed by atoms with Crippen LogP contribution >= 0.6 is 0 Å². The Hall–Kier alpha value is -11.5. The number of aliphatic hydroxyl groups excluding tert-OH is 7. The van der Waals surface area contributed by atoms with Gasteiger partial charge in [-0.05, 0) is 138 Å². The van der Waals surface area contributed by atoms with E-state index in [2.05, 4.69) is 147 Å². The molecular formula is C84H122N24O14. The summed E-state index contributed by atoms with van der Waals surface area (Å²) in [6.45, 7) is 17.6. The summed E-state index contributed by atoms with van der Waals surface area (Å²) in [6.07, 6.45) is 36.1. The Morgan fingerprint density at radius 3 is 0.557 bits per heavy atom. The van der Waals surface area contributed by atoms with Crippen molar-refractivity contribution in [2.24, 2.45) is 23.7 Å². The molecule has 0 saturated heterocycles. The molecule has 3 unspecified atom stereocenters. The molecule has 0 spiro atoms. The van der Waals surface area contributed by atoms with Crippen LogP contribution in [0.15, 0.2) is 121 Å². The lowest BCUT2D eigenvalue weighted by atomic mass is 9.99. The molecule has 14 aromatic rings. The lowest BCUT2D eigenvalue weighted by molar-refractivity contribution is 0.138. The Morgan fingerprint density at radius 1 is 0.246 bits per heavy atom. The largest absolute Gasteiger partial charge is 0.396 e. The van der Waals surface area contributed by atoms with E-state index in [0.29, 0.717) is 98.5 Å². The zero-order chi connectivity index (χ0) is 88.4. The van der Waals surface area contributed by atoms with E-state index in [9.17, 15) is 48.9 Å². The molecule has 7 atom stereocenters. The molecular weight excluding hydrogens is 1570 g/mol. The van der Waals surface area contributed by atoms with Crippen LogP contribution in [-0.4, -0.2) is 241 Å². The molecule has 14 rings (SSSR count). The van der Waals surface area contributed by atoms with Gasteiger partial charge in [0.2, 0.25) is 0 Å². The van der Waals surface area contributed by atoms with Crippen molar-refractivity contribution in [3.63, 3.8) is 0 Å². The molecule has 38 heteroatoms. The van der Waals surface area contributed by atoms with Crippen LogP contribution in [0.5, 0.6) is 0 Å². The van der Waals surface area contributed by atoms with Crippen LogP contribution in [0.3, 0.4) is 0 Å². The number of fused-ring (bicyclic) bond motifs is 7. The number of aliphatic hydroxyl groups is 7. The first-order chi connectivity index (χ1) is 59.0. The van der Waals surface area contributed by atoms with Crippen molar-refractivity contribution < 1.29 is 35.7 Å². The molecule has 0 aliphatic heterocycles. The molecule has 0 aromatic carbocycles. The fourth-order valence-corrected chi connectivity index (χ4v) is 14.2. The summed E-state index contributed by atoms with van der Waals surface area (Å²) >= 11 is 0. The van der Waals surface area contributed by atoms with E-state index < -0.39 is 0 Å². The van der Waals surface area contributed by atoms with Crippen molar-refractivity contribution in [3.8, 4) is 0 Å². The summed E-state index contributed by atoms with van der Waals surface area (Å²) in [5, 5.41) is 64.3. The Morgan fingerprint density at radius 2 is 0.410 bits per heavy atom. The molecule has 21 N–H and O–H groups in total. The van der Waals surface area contributed by atoms with Gasteiger partial charge in [0.15, 0.2) is 0 Å². The molecule has 0 amide bonds. The minimum Gasteiger partial charge on any atom is -0.396 e. The maximum Gasteiger partial charge on any atom is 0.275 e. The first-order valence-electron chi connectivity index (χ1n) is 41.7. The van der Waals surface area contributed by atoms with E-state index in [0.717, 1.165) is 157 Å². The first kappa shape index (κ1) is 96.0. The normalized spacial score (nSPS) is 13.2. The molecule has 0 radical (unpaired) electrons. The summed E-state index contributed by atoms with van der Waals surface area (Å²) in [5.74, 6) is 1.28. The maximum absolute atomic E-state index is 11.5. The highest BCUT2D eigenvalue weighted by Gasteiger charge is 2.21. The third kappa shape index (κ3) is 25.6. The second-order valence-corrected chi connectivity index (χ2v) is 30.3. The summed E-state index contributed by atoms with van der Waals surface area (Å²) in [4.78, 5) is 154. The minimum atomic E-state index is -0.164. The standard InChI is InChI=1S/3C12H18N4O2.4C12H17N3O2/c3*1-3-9(6-17)16(2)5-8-4-13-11-10(8)14-7-15-12(11)18;4*1-2-8(6-16)3-4-9-5-13-11-10(9)14-7-15-12(11)17/h3*4,7,9,13,17H,3,5-6H2,1-2H3,(H,14,15,18);4*5,7-8,13,16H,2-4,6H2,1H3,(H,14,15,17)/t2*9-;;2*8-;;/m10.10../s1. The Bertz CT molecular complexity index is 5220. The summed E-state index contributed by atoms with van der Waals surface area (Å²) in [7, 11) is 5.86. The third-order valence-corrected chi connectivity index (χ3v) is 22.6. The van der Waals surface area contributed by atoms with Gasteiger partial charge in [0.05, 0.1) is 103 Å². The minimum absolute atomic E-state index is 0.122. The van der Waals surface area contributed by atoms with E-state index in [1.54, 1.807) is 18.6 Å². The van der Waals surface area contributed by atoms with E-state index >= 15 is 0 Å². The van der Waals surface area contributed by atoms with Crippen molar-refractivity contribution >= 4 is 77.2 Å². The van der Waals surface area contributed by atoms with Crippen LogP contribution in [0.25, 0.3) is 77.2 Å². The second kappa shape index (κ2) is 48.8. The fraction of sp³-hybridized carbons (Fsp3) is 0.500. The van der Waals surface area contributed by atoms with Crippen LogP contribution in [0, 0.1) is 23.7 Å². The second-order valence-electron chi connectivity index (χ2n) is 30.3. The van der Waals surface area contributed by atoms with Gasteiger partial charge in [0.25, 0.3) is 38.9 Å². The van der Waals surface area contributed by atoms with E-state index in [-0.39, 0.29) is 103 Å². The number of aromatic amines is 14. The van der Waals surface area contributed by atoms with Gasteiger partial charge in [0.1, 0.15) is 38.6 Å². The molecule has 0 fully saturated rings. The number of H-pyrrole nitrogens is 14. The monoisotopic (exact) mass is 1690 g/mol. The Labute approximate surface area is 701 Å². The molecule has 14 aromatic heterocycles. The highest BCUT2D eigenvalue weighted by molar-refractivity contribution is 5.81. The molecule has 0 bridgehead atoms. The molecule has 122 heavy (non-hydrogen) atoms. The van der Waals surface area contributed by atoms with Crippen LogP contribution in [-0.2, 0) is 45.3 Å². The van der Waals surface area contributed by atoms with Gasteiger partial charge in [-0.25, -0.2) is 34.9 Å². The van der Waals surface area contributed by atoms with Gasteiger partial charge in [0, 0.05) is 124 Å². The lowest BCUT2D eigenvalue weighted by Crippen LogP contribution is -2.33. The highest BCUT2D eigenvalue weighted by atomic mass is 16.3. The number of nitrogens with zero attached hydrogens (tertiary/aromatic N) is 10. The van der Waals surface area contributed by atoms with Crippen molar-refractivity contribution in [2.75, 3.05) is 67.4 Å². The predicted molar refractivity (Wildman–Crippen MR) is 472 cm³/mol. The van der Waals surface area contributed by atoms with Crippen LogP contribution in [0.1, 0.15) is 158 Å². The van der Waals surface area contributed by atoms with Crippen molar-refractivity contribution in [3.05, 3.63) is 199 Å². The Balaban J connectivity index is 0.000000177. The summed E-state index contributed by atoms with van der Waals surface area (Å²) < 4.78 is 0. The third-order valence-electron chi connectivity index (χ3n) is 22.6. The van der Waals surface area contributed by atoms with Gasteiger partial charge in [-0.2, -0.15) is 0 Å². The predicted octanol–water partition coefficient (Wildman–Crippen LogP) is 6.17. The molecule has 38 nitrogen and oxygen atoms in total. The van der Waals surface area contributed by atoms with Crippen LogP contribution in [0.2, 0.25) is 0 Å². The number of nitrogens with one attached hydrogen (secondary N) is 14.